The van der Waals surface area contributed by atoms with Gasteiger partial charge in [0.1, 0.15) is 0 Å². The van der Waals surface area contributed by atoms with Crippen molar-refractivity contribution in [3.05, 3.63) is 70.8 Å². The lowest BCUT2D eigenvalue weighted by molar-refractivity contribution is 0.0651. The molecule has 0 saturated carbocycles. The molecule has 144 valence electrons. The number of carboxylic acids is 4. The highest BCUT2D eigenvalue weighted by Crippen LogP contribution is 2.08. The normalized spacial score (nSPS) is 8.96. The van der Waals surface area contributed by atoms with Crippen molar-refractivity contribution < 1.29 is 44.3 Å². The van der Waals surface area contributed by atoms with Crippen molar-refractivity contribution in [1.82, 2.24) is 0 Å². The first-order valence-electron chi connectivity index (χ1n) is 7.18. The van der Waals surface area contributed by atoms with Crippen molar-refractivity contribution in [1.29, 1.82) is 0 Å². The number of methoxy groups -OCH3 is 1. The Bertz CT molecular complexity index is 678. The van der Waals surface area contributed by atoms with Crippen molar-refractivity contribution >= 4 is 23.9 Å². The van der Waals surface area contributed by atoms with Gasteiger partial charge in [0.05, 0.1) is 22.3 Å². The van der Waals surface area contributed by atoms with Crippen LogP contribution in [0.4, 0.5) is 0 Å². The zero-order valence-electron chi connectivity index (χ0n) is 14.4. The molecule has 2 aromatic carbocycles. The zero-order valence-corrected chi connectivity index (χ0v) is 14.4. The summed E-state index contributed by atoms with van der Waals surface area (Å²) < 4.78 is 4.25. The van der Waals surface area contributed by atoms with Crippen LogP contribution in [0.2, 0.25) is 0 Å². The van der Waals surface area contributed by atoms with Crippen LogP contribution in [0.15, 0.2) is 48.5 Å². The van der Waals surface area contributed by atoms with Gasteiger partial charge in [-0.15, -0.1) is 0 Å². The van der Waals surface area contributed by atoms with Gasteiger partial charge in [-0.2, -0.15) is 0 Å². The number of ether oxygens (including phenoxy) is 1. The Balaban J connectivity index is 0.000000438. The quantitative estimate of drug-likeness (QED) is 0.626. The maximum atomic E-state index is 10.5. The van der Waals surface area contributed by atoms with E-state index in [-0.39, 0.29) is 22.3 Å². The van der Waals surface area contributed by atoms with Crippen molar-refractivity contribution in [3.8, 4) is 0 Å². The van der Waals surface area contributed by atoms with Crippen molar-refractivity contribution in [3.63, 3.8) is 0 Å². The third-order valence-corrected chi connectivity index (χ3v) is 2.78. The van der Waals surface area contributed by atoms with Gasteiger partial charge in [-0.25, -0.2) is 19.2 Å². The van der Waals surface area contributed by atoms with E-state index in [1.807, 2.05) is 0 Å². The molecule has 0 radical (unpaired) electrons. The lowest BCUT2D eigenvalue weighted by Crippen LogP contribution is -2.06. The molecule has 0 aliphatic carbocycles. The van der Waals surface area contributed by atoms with E-state index >= 15 is 0 Å². The molecule has 9 nitrogen and oxygen atoms in total. The van der Waals surface area contributed by atoms with Crippen LogP contribution in [0.5, 0.6) is 0 Å². The highest BCUT2D eigenvalue weighted by Gasteiger charge is 2.14. The number of benzene rings is 2. The van der Waals surface area contributed by atoms with Gasteiger partial charge in [-0.05, 0) is 24.3 Å². The molecular weight excluding hydrogens is 360 g/mol. The second-order valence-corrected chi connectivity index (χ2v) is 4.72. The molecule has 4 N–H and O–H groups in total. The maximum Gasteiger partial charge on any atom is 0.336 e. The van der Waals surface area contributed by atoms with Crippen LogP contribution < -0.4 is 0 Å². The molecule has 0 spiro atoms. The zero-order chi connectivity index (χ0) is 21.0. The number of hydrogen-bond donors (Lipinski definition) is 4. The molecule has 0 aromatic heterocycles. The monoisotopic (exact) mass is 378 g/mol. The largest absolute Gasteiger partial charge is 0.478 e. The molecule has 2 rings (SSSR count). The van der Waals surface area contributed by atoms with Gasteiger partial charge in [-0.3, -0.25) is 0 Å². The lowest BCUT2D eigenvalue weighted by Gasteiger charge is -1.98. The van der Waals surface area contributed by atoms with Gasteiger partial charge in [0.2, 0.25) is 0 Å². The maximum absolute atomic E-state index is 10.5. The fourth-order valence-electron chi connectivity index (χ4n) is 1.71. The lowest BCUT2D eigenvalue weighted by atomic mass is 10.1. The van der Waals surface area contributed by atoms with Gasteiger partial charge in [0.25, 0.3) is 0 Å². The molecular formula is C18H18O9. The second kappa shape index (κ2) is 11.8. The number of carbonyl (C=O) groups is 4. The van der Waals surface area contributed by atoms with Gasteiger partial charge in [0.15, 0.2) is 0 Å². The minimum atomic E-state index is -1.23. The van der Waals surface area contributed by atoms with E-state index in [9.17, 15) is 19.2 Å². The van der Waals surface area contributed by atoms with Crippen LogP contribution in [0, 0.1) is 0 Å². The Morgan fingerprint density at radius 1 is 0.556 bits per heavy atom. The first kappa shape index (κ1) is 23.3. The van der Waals surface area contributed by atoms with E-state index in [1.165, 1.54) is 48.5 Å². The SMILES string of the molecule is COC.O=C(O)c1ccccc1C(=O)O.O=C(O)c1ccccc1C(=O)O. The van der Waals surface area contributed by atoms with E-state index < -0.39 is 23.9 Å². The van der Waals surface area contributed by atoms with Crippen molar-refractivity contribution in [2.24, 2.45) is 0 Å². The third kappa shape index (κ3) is 7.80. The molecule has 0 atom stereocenters. The van der Waals surface area contributed by atoms with E-state index in [2.05, 4.69) is 4.74 Å². The third-order valence-electron chi connectivity index (χ3n) is 2.78. The summed E-state index contributed by atoms with van der Waals surface area (Å²) in [6.07, 6.45) is 0. The number of carboxylic acid groups (broad SMARTS) is 4. The first-order valence-corrected chi connectivity index (χ1v) is 7.18. The topological polar surface area (TPSA) is 158 Å². The van der Waals surface area contributed by atoms with E-state index in [4.69, 9.17) is 20.4 Å². The Labute approximate surface area is 154 Å². The molecule has 0 saturated heterocycles. The predicted molar refractivity (Wildman–Crippen MR) is 93.7 cm³/mol. The average molecular weight is 378 g/mol. The molecule has 0 fully saturated rings. The molecule has 2 aromatic rings. The molecule has 0 aliphatic rings. The number of hydrogen-bond acceptors (Lipinski definition) is 5. The van der Waals surface area contributed by atoms with Gasteiger partial charge >= 0.3 is 23.9 Å². The van der Waals surface area contributed by atoms with Crippen LogP contribution in [0.3, 0.4) is 0 Å². The summed E-state index contributed by atoms with van der Waals surface area (Å²) in [5.41, 5.74) is -0.759. The van der Waals surface area contributed by atoms with Gasteiger partial charge in [-0.1, -0.05) is 24.3 Å². The summed E-state index contributed by atoms with van der Waals surface area (Å²) in [7, 11) is 3.25. The van der Waals surface area contributed by atoms with Crippen LogP contribution in [0.1, 0.15) is 41.4 Å². The number of rotatable bonds is 4. The predicted octanol–water partition coefficient (Wildman–Crippen LogP) is 2.43. The van der Waals surface area contributed by atoms with E-state index in [0.717, 1.165) is 0 Å². The molecule has 9 heteroatoms. The molecule has 0 bridgehead atoms. The van der Waals surface area contributed by atoms with Crippen molar-refractivity contribution in [2.75, 3.05) is 14.2 Å². The molecule has 0 aliphatic heterocycles. The van der Waals surface area contributed by atoms with Crippen LogP contribution in [-0.4, -0.2) is 58.5 Å². The Morgan fingerprint density at radius 2 is 0.704 bits per heavy atom. The van der Waals surface area contributed by atoms with Gasteiger partial charge < -0.3 is 25.2 Å². The molecule has 27 heavy (non-hydrogen) atoms. The minimum Gasteiger partial charge on any atom is -0.478 e. The summed E-state index contributed by atoms with van der Waals surface area (Å²) in [6.45, 7) is 0. The van der Waals surface area contributed by atoms with Crippen LogP contribution in [0.25, 0.3) is 0 Å². The Hall–Kier alpha value is -3.72. The van der Waals surface area contributed by atoms with Crippen LogP contribution >= 0.6 is 0 Å². The minimum absolute atomic E-state index is 0.190. The highest BCUT2D eigenvalue weighted by atomic mass is 16.5. The molecule has 0 unspecified atom stereocenters. The Kier molecular flexibility index (Phi) is 10.1. The van der Waals surface area contributed by atoms with Gasteiger partial charge in [0, 0.05) is 14.2 Å². The number of aromatic carboxylic acids is 4. The van der Waals surface area contributed by atoms with Crippen LogP contribution in [-0.2, 0) is 4.74 Å². The second-order valence-electron chi connectivity index (χ2n) is 4.72. The molecule has 0 amide bonds. The highest BCUT2D eigenvalue weighted by molar-refractivity contribution is 6.02. The summed E-state index contributed by atoms with van der Waals surface area (Å²) in [5, 5.41) is 34.2. The summed E-state index contributed by atoms with van der Waals surface area (Å²) in [4.78, 5) is 41.9. The Morgan fingerprint density at radius 3 is 0.815 bits per heavy atom. The average Bonchev–Trinajstić information content (AvgIpc) is 2.62. The van der Waals surface area contributed by atoms with Crippen molar-refractivity contribution in [2.45, 2.75) is 0 Å². The molecule has 0 heterocycles. The standard InChI is InChI=1S/2C8H6O4.C2H6O/c2*9-7(10)5-3-1-2-4-6(5)8(11)12;1-3-2/h2*1-4H,(H,9,10)(H,11,12);1-2H3. The fraction of sp³-hybridized carbons (Fsp3) is 0.111. The summed E-state index contributed by atoms with van der Waals surface area (Å²) in [5.74, 6) is -4.91. The smallest absolute Gasteiger partial charge is 0.336 e. The van der Waals surface area contributed by atoms with E-state index in [1.54, 1.807) is 14.2 Å². The fourth-order valence-corrected chi connectivity index (χ4v) is 1.71. The summed E-state index contributed by atoms with van der Waals surface area (Å²) in [6, 6.07) is 11.0. The summed E-state index contributed by atoms with van der Waals surface area (Å²) >= 11 is 0. The first-order chi connectivity index (χ1) is 12.7. The van der Waals surface area contributed by atoms with E-state index in [0.29, 0.717) is 0 Å².